The molecule has 1 aromatic carbocycles. The number of hydrogen-bond donors (Lipinski definition) is 2. The second-order valence-corrected chi connectivity index (χ2v) is 9.19. The van der Waals surface area contributed by atoms with Gasteiger partial charge in [-0.1, -0.05) is 18.5 Å². The van der Waals surface area contributed by atoms with Crippen LogP contribution in [0.25, 0.3) is 10.9 Å². The summed E-state index contributed by atoms with van der Waals surface area (Å²) in [4.78, 5) is 17.4. The molecule has 3 atom stereocenters. The van der Waals surface area contributed by atoms with Crippen molar-refractivity contribution in [1.82, 2.24) is 14.3 Å². The van der Waals surface area contributed by atoms with E-state index in [1.54, 1.807) is 16.2 Å². The van der Waals surface area contributed by atoms with Crippen molar-refractivity contribution in [1.29, 1.82) is 5.26 Å². The number of pyridine rings is 1. The minimum absolute atomic E-state index is 0.0533. The molecule has 6 nitrogen and oxygen atoms in total. The summed E-state index contributed by atoms with van der Waals surface area (Å²) >= 11 is 7.75. The number of rotatable bonds is 6. The Balaban J connectivity index is 1.70. The molecule has 2 aromatic heterocycles. The largest absolute Gasteiger partial charge is 0.343 e. The molecule has 2 N–H and O–H groups in total. The standard InChI is InChI=1S/C22H24ClN5OS/c1-3-15(11-14-7-6-13(2)26-14)28-22(29)17(12-24)21(30-28)27-20-16-5-4-10-25-19(16)9-8-18(20)23/h4-5,8-10,13-15,26-27H,3,6-7,11H2,1-2H3. The first kappa shape index (κ1) is 20.9. The minimum Gasteiger partial charge on any atom is -0.343 e. The molecule has 1 aliphatic rings. The molecule has 8 heteroatoms. The van der Waals surface area contributed by atoms with Crippen LogP contribution in [0.4, 0.5) is 10.7 Å². The van der Waals surface area contributed by atoms with E-state index in [-0.39, 0.29) is 17.2 Å². The summed E-state index contributed by atoms with van der Waals surface area (Å²) < 4.78 is 1.75. The predicted octanol–water partition coefficient (Wildman–Crippen LogP) is 5.21. The first-order valence-electron chi connectivity index (χ1n) is 10.2. The van der Waals surface area contributed by atoms with Crippen molar-refractivity contribution >= 4 is 44.7 Å². The Kier molecular flexibility index (Phi) is 6.09. The van der Waals surface area contributed by atoms with Crippen LogP contribution in [0, 0.1) is 11.3 Å². The Labute approximate surface area is 184 Å². The number of anilines is 2. The van der Waals surface area contributed by atoms with Crippen LogP contribution >= 0.6 is 23.1 Å². The van der Waals surface area contributed by atoms with E-state index in [9.17, 15) is 10.1 Å². The minimum atomic E-state index is -0.239. The topological polar surface area (TPSA) is 82.7 Å². The van der Waals surface area contributed by atoms with Gasteiger partial charge in [-0.3, -0.25) is 13.7 Å². The molecule has 0 spiro atoms. The van der Waals surface area contributed by atoms with Crippen molar-refractivity contribution in [2.75, 3.05) is 5.32 Å². The zero-order valence-electron chi connectivity index (χ0n) is 17.0. The van der Waals surface area contributed by atoms with Crippen molar-refractivity contribution in [2.24, 2.45) is 0 Å². The van der Waals surface area contributed by atoms with E-state index in [1.807, 2.05) is 18.2 Å². The summed E-state index contributed by atoms with van der Waals surface area (Å²) in [5, 5.41) is 18.4. The lowest BCUT2D eigenvalue weighted by Gasteiger charge is -2.20. The van der Waals surface area contributed by atoms with Crippen molar-refractivity contribution in [3.8, 4) is 6.07 Å². The quantitative estimate of drug-likeness (QED) is 0.548. The molecule has 1 aliphatic heterocycles. The zero-order chi connectivity index (χ0) is 21.3. The van der Waals surface area contributed by atoms with Gasteiger partial charge in [0.25, 0.3) is 5.56 Å². The van der Waals surface area contributed by atoms with Gasteiger partial charge in [0, 0.05) is 29.7 Å². The Morgan fingerprint density at radius 2 is 2.27 bits per heavy atom. The maximum absolute atomic E-state index is 13.0. The second-order valence-electron chi connectivity index (χ2n) is 7.80. The predicted molar refractivity (Wildman–Crippen MR) is 123 cm³/mol. The Morgan fingerprint density at radius 3 is 2.97 bits per heavy atom. The summed E-state index contributed by atoms with van der Waals surface area (Å²) in [5.41, 5.74) is 1.34. The van der Waals surface area contributed by atoms with Gasteiger partial charge in [-0.25, -0.2) is 0 Å². The third kappa shape index (κ3) is 3.95. The average Bonchev–Trinajstić information content (AvgIpc) is 3.30. The first-order valence-corrected chi connectivity index (χ1v) is 11.4. The number of nitrogens with zero attached hydrogens (tertiary/aromatic N) is 3. The summed E-state index contributed by atoms with van der Waals surface area (Å²) in [7, 11) is 0. The van der Waals surface area contributed by atoms with Crippen LogP contribution in [0.15, 0.2) is 35.3 Å². The van der Waals surface area contributed by atoms with Gasteiger partial charge in [0.2, 0.25) is 0 Å². The molecule has 0 amide bonds. The number of nitriles is 1. The summed E-state index contributed by atoms with van der Waals surface area (Å²) in [6, 6.07) is 10.4. The Morgan fingerprint density at radius 1 is 1.43 bits per heavy atom. The lowest BCUT2D eigenvalue weighted by molar-refractivity contribution is 0.397. The molecular formula is C22H24ClN5OS. The SMILES string of the molecule is CCC(CC1CCC(C)N1)n1sc(Nc2c(Cl)ccc3ncccc23)c(C#N)c1=O. The van der Waals surface area contributed by atoms with Crippen LogP contribution in [0.2, 0.25) is 5.02 Å². The maximum atomic E-state index is 13.0. The molecule has 156 valence electrons. The van der Waals surface area contributed by atoms with Gasteiger partial charge >= 0.3 is 0 Å². The van der Waals surface area contributed by atoms with Gasteiger partial charge in [-0.2, -0.15) is 5.26 Å². The molecule has 30 heavy (non-hydrogen) atoms. The molecular weight excluding hydrogens is 418 g/mol. The number of nitrogens with one attached hydrogen (secondary N) is 2. The molecule has 0 radical (unpaired) electrons. The highest BCUT2D eigenvalue weighted by atomic mass is 35.5. The van der Waals surface area contributed by atoms with E-state index >= 15 is 0 Å². The lowest BCUT2D eigenvalue weighted by Crippen LogP contribution is -2.31. The van der Waals surface area contributed by atoms with Gasteiger partial charge in [0.15, 0.2) is 5.56 Å². The normalized spacial score (nSPS) is 19.7. The van der Waals surface area contributed by atoms with Gasteiger partial charge in [0.1, 0.15) is 11.1 Å². The second kappa shape index (κ2) is 8.76. The van der Waals surface area contributed by atoms with E-state index < -0.39 is 0 Å². The van der Waals surface area contributed by atoms with Crippen LogP contribution in [-0.4, -0.2) is 21.0 Å². The van der Waals surface area contributed by atoms with Crippen molar-refractivity contribution in [3.63, 3.8) is 0 Å². The smallest absolute Gasteiger partial charge is 0.281 e. The van der Waals surface area contributed by atoms with Gasteiger partial charge in [-0.15, -0.1) is 0 Å². The molecule has 3 heterocycles. The lowest BCUT2D eigenvalue weighted by atomic mass is 10.0. The molecule has 0 saturated carbocycles. The van der Waals surface area contributed by atoms with Crippen molar-refractivity contribution < 1.29 is 0 Å². The Hall–Kier alpha value is -2.40. The molecule has 1 saturated heterocycles. The molecule has 1 fully saturated rings. The van der Waals surface area contributed by atoms with Gasteiger partial charge in [0.05, 0.1) is 16.2 Å². The molecule has 0 bridgehead atoms. The average molecular weight is 442 g/mol. The number of hydrogen-bond acceptors (Lipinski definition) is 6. The van der Waals surface area contributed by atoms with Crippen molar-refractivity contribution in [2.45, 2.75) is 57.7 Å². The van der Waals surface area contributed by atoms with Gasteiger partial charge in [-0.05, 0) is 68.4 Å². The van der Waals surface area contributed by atoms with Crippen LogP contribution in [-0.2, 0) is 0 Å². The molecule has 0 aliphatic carbocycles. The fraction of sp³-hybridized carbons (Fsp3) is 0.409. The highest BCUT2D eigenvalue weighted by molar-refractivity contribution is 7.11. The van der Waals surface area contributed by atoms with E-state index in [1.165, 1.54) is 11.5 Å². The summed E-state index contributed by atoms with van der Waals surface area (Å²) in [6.07, 6.45) is 5.71. The van der Waals surface area contributed by atoms with Crippen LogP contribution < -0.4 is 16.2 Å². The van der Waals surface area contributed by atoms with Crippen LogP contribution in [0.3, 0.4) is 0 Å². The Bertz CT molecular complexity index is 1160. The van der Waals surface area contributed by atoms with Gasteiger partial charge < -0.3 is 10.6 Å². The van der Waals surface area contributed by atoms with Crippen molar-refractivity contribution in [3.05, 3.63) is 51.4 Å². The number of benzene rings is 1. The highest BCUT2D eigenvalue weighted by Gasteiger charge is 2.27. The van der Waals surface area contributed by atoms with E-state index in [0.29, 0.717) is 27.8 Å². The fourth-order valence-electron chi connectivity index (χ4n) is 4.15. The summed E-state index contributed by atoms with van der Waals surface area (Å²) in [6.45, 7) is 4.28. The maximum Gasteiger partial charge on any atom is 0.281 e. The van der Waals surface area contributed by atoms with Crippen LogP contribution in [0.5, 0.6) is 0 Å². The number of fused-ring (bicyclic) bond motifs is 1. The highest BCUT2D eigenvalue weighted by Crippen LogP contribution is 2.36. The monoisotopic (exact) mass is 441 g/mol. The molecule has 4 rings (SSSR count). The van der Waals surface area contributed by atoms with Crippen LogP contribution in [0.1, 0.15) is 51.1 Å². The van der Waals surface area contributed by atoms with E-state index in [2.05, 4.69) is 35.5 Å². The van der Waals surface area contributed by atoms with E-state index in [0.717, 1.165) is 36.6 Å². The summed E-state index contributed by atoms with van der Waals surface area (Å²) in [5.74, 6) is 0. The molecule has 3 unspecified atom stereocenters. The first-order chi connectivity index (χ1) is 14.5. The zero-order valence-corrected chi connectivity index (χ0v) is 18.6. The molecule has 3 aromatic rings. The number of halogens is 1. The number of aromatic nitrogens is 2. The van der Waals surface area contributed by atoms with E-state index in [4.69, 9.17) is 11.6 Å². The fourth-order valence-corrected chi connectivity index (χ4v) is 5.49. The third-order valence-electron chi connectivity index (χ3n) is 5.74. The third-order valence-corrected chi connectivity index (χ3v) is 7.21.